The highest BCUT2D eigenvalue weighted by atomic mass is 28.3. The smallest absolute Gasteiger partial charge is 0.0648 e. The Kier molecular flexibility index (Phi) is 11.4. The lowest BCUT2D eigenvalue weighted by Crippen LogP contribution is -2.56. The highest BCUT2D eigenvalue weighted by Gasteiger charge is 2.50. The van der Waals surface area contributed by atoms with Gasteiger partial charge in [-0.2, -0.15) is 0 Å². The molecule has 0 amide bonds. The van der Waals surface area contributed by atoms with E-state index in [0.29, 0.717) is 33.2 Å². The Morgan fingerprint density at radius 3 is 1.00 bits per heavy atom. The molecule has 49 heavy (non-hydrogen) atoms. The van der Waals surface area contributed by atoms with E-state index in [2.05, 4.69) is 180 Å². The molecule has 0 fully saturated rings. The second-order valence-electron chi connectivity index (χ2n) is 17.4. The molecule has 0 spiro atoms. The van der Waals surface area contributed by atoms with E-state index < -0.39 is 16.1 Å². The fraction of sp³-hybridized carbons (Fsp3) is 0.489. The molecule has 0 unspecified atom stereocenters. The van der Waals surface area contributed by atoms with Gasteiger partial charge in [0, 0.05) is 5.41 Å². The first-order chi connectivity index (χ1) is 23.2. The molecule has 4 aromatic rings. The minimum Gasteiger partial charge on any atom is -0.0648 e. The first-order valence-electron chi connectivity index (χ1n) is 19.6. The quantitative estimate of drug-likeness (QED) is 0.116. The monoisotopic (exact) mass is 686 g/mol. The van der Waals surface area contributed by atoms with Gasteiger partial charge >= 0.3 is 0 Å². The maximum Gasteiger partial charge on any atom is 0.0942 e. The summed E-state index contributed by atoms with van der Waals surface area (Å²) in [5.74, 6) is 0. The summed E-state index contributed by atoms with van der Waals surface area (Å²) in [6.45, 7) is 30.2. The van der Waals surface area contributed by atoms with Crippen LogP contribution in [0.2, 0.25) is 33.2 Å². The molecule has 262 valence electrons. The Bertz CT molecular complexity index is 1510. The van der Waals surface area contributed by atoms with Crippen molar-refractivity contribution in [1.82, 2.24) is 0 Å². The molecule has 1 aliphatic rings. The van der Waals surface area contributed by atoms with Crippen LogP contribution in [0.25, 0.3) is 11.1 Å². The zero-order chi connectivity index (χ0) is 35.7. The Morgan fingerprint density at radius 2 is 0.714 bits per heavy atom. The van der Waals surface area contributed by atoms with E-state index in [-0.39, 0.29) is 5.41 Å². The van der Waals surface area contributed by atoms with E-state index in [1.165, 1.54) is 22.3 Å². The average molecular weight is 687 g/mol. The molecule has 0 N–H and O–H groups in total. The lowest BCUT2D eigenvalue weighted by atomic mass is 9.70. The zero-order valence-corrected chi connectivity index (χ0v) is 35.0. The summed E-state index contributed by atoms with van der Waals surface area (Å²) in [6.07, 6.45) is 4.45. The SMILES string of the molecule is CC(C)[Si](c1ccc2c(c1)C(CCc1ccccc1)(CCc1ccccc1)c1cc([Si](C(C)C)(C(C)C)C(C)C)ccc1-2)(C(C)C)C(C)C. The van der Waals surface area contributed by atoms with Crippen LogP contribution in [0, 0.1) is 0 Å². The highest BCUT2D eigenvalue weighted by Crippen LogP contribution is 2.55. The van der Waals surface area contributed by atoms with Gasteiger partial charge in [-0.15, -0.1) is 0 Å². The minimum absolute atomic E-state index is 0.0431. The van der Waals surface area contributed by atoms with Crippen LogP contribution in [0.15, 0.2) is 97.1 Å². The lowest BCUT2D eigenvalue weighted by Gasteiger charge is -2.45. The van der Waals surface area contributed by atoms with E-state index in [1.807, 2.05) is 0 Å². The van der Waals surface area contributed by atoms with Gasteiger partial charge in [0.2, 0.25) is 0 Å². The molecule has 0 nitrogen and oxygen atoms in total. The van der Waals surface area contributed by atoms with Crippen LogP contribution in [-0.4, -0.2) is 16.1 Å². The molecular formula is C47H66Si2. The van der Waals surface area contributed by atoms with Crippen molar-refractivity contribution in [3.63, 3.8) is 0 Å². The number of hydrogen-bond donors (Lipinski definition) is 0. The largest absolute Gasteiger partial charge is 0.0942 e. The van der Waals surface area contributed by atoms with Crippen molar-refractivity contribution in [1.29, 1.82) is 0 Å². The summed E-state index contributed by atoms with van der Waals surface area (Å²) in [7, 11) is -3.73. The highest BCUT2D eigenvalue weighted by molar-refractivity contribution is 6.95. The van der Waals surface area contributed by atoms with Gasteiger partial charge in [0.1, 0.15) is 0 Å². The summed E-state index contributed by atoms with van der Waals surface area (Å²) >= 11 is 0. The summed E-state index contributed by atoms with van der Waals surface area (Å²) < 4.78 is 0. The molecule has 0 heterocycles. The van der Waals surface area contributed by atoms with E-state index in [4.69, 9.17) is 0 Å². The van der Waals surface area contributed by atoms with E-state index in [9.17, 15) is 0 Å². The van der Waals surface area contributed by atoms with Gasteiger partial charge in [-0.3, -0.25) is 0 Å². The maximum atomic E-state index is 2.79. The van der Waals surface area contributed by atoms with Crippen molar-refractivity contribution in [2.75, 3.05) is 0 Å². The average Bonchev–Trinajstić information content (AvgIpc) is 3.32. The number of hydrogen-bond acceptors (Lipinski definition) is 0. The zero-order valence-electron chi connectivity index (χ0n) is 33.0. The third-order valence-corrected chi connectivity index (χ3v) is 27.5. The molecule has 4 aromatic carbocycles. The molecular weight excluding hydrogens is 621 g/mol. The predicted octanol–water partition coefficient (Wildman–Crippen LogP) is 13.0. The van der Waals surface area contributed by atoms with Crippen LogP contribution in [0.4, 0.5) is 0 Å². The fourth-order valence-electron chi connectivity index (χ4n) is 11.7. The Balaban J connectivity index is 1.83. The Hall–Kier alpha value is -2.69. The van der Waals surface area contributed by atoms with Gasteiger partial charge in [-0.05, 0) is 92.3 Å². The van der Waals surface area contributed by atoms with Crippen LogP contribution in [0.3, 0.4) is 0 Å². The van der Waals surface area contributed by atoms with Gasteiger partial charge < -0.3 is 0 Å². The van der Waals surface area contributed by atoms with Gasteiger partial charge in [-0.25, -0.2) is 0 Å². The first-order valence-corrected chi connectivity index (χ1v) is 24.1. The third-order valence-electron chi connectivity index (χ3n) is 13.5. The van der Waals surface area contributed by atoms with E-state index in [1.54, 1.807) is 21.5 Å². The molecule has 0 saturated heterocycles. The topological polar surface area (TPSA) is 0 Å². The standard InChI is InChI=1S/C47H66Si2/c1-33(2)48(34(3)4,35(5)6)41-23-25-43-44-26-24-42(49(36(7)8,37(9)10)38(11)12)32-46(44)47(45(43)31-41,29-27-39-19-15-13-16-20-39)30-28-40-21-17-14-18-22-40/h13-26,31-38H,27-30H2,1-12H3. The molecule has 0 saturated carbocycles. The van der Waals surface area contributed by atoms with E-state index in [0.717, 1.165) is 25.7 Å². The molecule has 1 aliphatic carbocycles. The number of aryl methyl sites for hydroxylation is 2. The van der Waals surface area contributed by atoms with Crippen molar-refractivity contribution in [2.24, 2.45) is 0 Å². The van der Waals surface area contributed by atoms with Crippen LogP contribution >= 0.6 is 0 Å². The summed E-state index contributed by atoms with van der Waals surface area (Å²) in [4.78, 5) is 0. The minimum atomic E-state index is -1.86. The van der Waals surface area contributed by atoms with Crippen LogP contribution in [0.5, 0.6) is 0 Å². The fourth-order valence-corrected chi connectivity index (χ4v) is 25.2. The molecule has 0 bridgehead atoms. The number of fused-ring (bicyclic) bond motifs is 3. The normalized spacial score (nSPS) is 14.5. The van der Waals surface area contributed by atoms with Crippen molar-refractivity contribution in [3.05, 3.63) is 119 Å². The molecule has 0 aromatic heterocycles. The van der Waals surface area contributed by atoms with Crippen molar-refractivity contribution < 1.29 is 0 Å². The molecule has 5 rings (SSSR count). The summed E-state index contributed by atoms with van der Waals surface area (Å²) in [6, 6.07) is 38.5. The van der Waals surface area contributed by atoms with Gasteiger partial charge in [0.15, 0.2) is 0 Å². The molecule has 0 atom stereocenters. The van der Waals surface area contributed by atoms with Gasteiger partial charge in [0.25, 0.3) is 0 Å². The summed E-state index contributed by atoms with van der Waals surface area (Å²) in [5, 5.41) is 3.36. The second kappa shape index (κ2) is 14.9. The van der Waals surface area contributed by atoms with Crippen LogP contribution in [0.1, 0.15) is 118 Å². The van der Waals surface area contributed by atoms with Gasteiger partial charge in [0.05, 0.1) is 16.1 Å². The Morgan fingerprint density at radius 1 is 0.408 bits per heavy atom. The molecule has 0 radical (unpaired) electrons. The lowest BCUT2D eigenvalue weighted by molar-refractivity contribution is 0.447. The molecule has 0 aliphatic heterocycles. The first kappa shape index (κ1) is 37.6. The predicted molar refractivity (Wildman–Crippen MR) is 224 cm³/mol. The number of rotatable bonds is 14. The van der Waals surface area contributed by atoms with Crippen molar-refractivity contribution in [2.45, 2.75) is 147 Å². The van der Waals surface area contributed by atoms with Crippen molar-refractivity contribution in [3.8, 4) is 11.1 Å². The van der Waals surface area contributed by atoms with Crippen molar-refractivity contribution >= 4 is 26.5 Å². The van der Waals surface area contributed by atoms with E-state index >= 15 is 0 Å². The number of benzene rings is 4. The maximum absolute atomic E-state index is 2.79. The Labute approximate surface area is 303 Å². The molecule has 2 heteroatoms. The summed E-state index contributed by atoms with van der Waals surface area (Å²) in [5.41, 5.74) is 13.2. The second-order valence-corrected chi connectivity index (χ2v) is 29.2. The van der Waals surface area contributed by atoms with Crippen LogP contribution in [-0.2, 0) is 18.3 Å². The van der Waals surface area contributed by atoms with Crippen LogP contribution < -0.4 is 10.4 Å². The van der Waals surface area contributed by atoms with Gasteiger partial charge in [-0.1, -0.05) is 191 Å². The third kappa shape index (κ3) is 6.39.